The number of rotatable bonds is 2. The van der Waals surface area contributed by atoms with Gasteiger partial charge in [-0.3, -0.25) is 0 Å². The van der Waals surface area contributed by atoms with Crippen molar-refractivity contribution in [2.75, 3.05) is 0 Å². The van der Waals surface area contributed by atoms with Crippen molar-refractivity contribution in [2.45, 2.75) is 4.84 Å². The van der Waals surface area contributed by atoms with Crippen LogP contribution in [0.4, 0.5) is 0 Å². The second-order valence-corrected chi connectivity index (χ2v) is 3.15. The highest BCUT2D eigenvalue weighted by Gasteiger charge is 2.14. The van der Waals surface area contributed by atoms with E-state index in [1.165, 1.54) is 0 Å². The summed E-state index contributed by atoms with van der Waals surface area (Å²) in [6.45, 7) is 0. The summed E-state index contributed by atoms with van der Waals surface area (Å²) in [5, 5.41) is 7.37. The molecule has 10 heavy (non-hydrogen) atoms. The van der Waals surface area contributed by atoms with Gasteiger partial charge in [0.1, 0.15) is 9.87 Å². The maximum atomic E-state index is 10.1. The Balaban J connectivity index is 4.50. The zero-order valence-corrected chi connectivity index (χ0v) is 7.47. The molecule has 2 nitrogen and oxygen atoms in total. The van der Waals surface area contributed by atoms with Crippen molar-refractivity contribution in [3.63, 3.8) is 0 Å². The molecule has 58 valence electrons. The van der Waals surface area contributed by atoms with Crippen LogP contribution in [0.5, 0.6) is 0 Å². The number of aliphatic carboxylic acids is 1. The van der Waals surface area contributed by atoms with E-state index in [0.29, 0.717) is 0 Å². The van der Waals surface area contributed by atoms with E-state index in [4.69, 9.17) is 51.5 Å². The number of hydrogen-bond acceptors (Lipinski definition) is 1. The van der Waals surface area contributed by atoms with Crippen LogP contribution in [0.3, 0.4) is 0 Å². The largest absolute Gasteiger partial charge is 0.477 e. The molecular weight excluding hydrogens is 222 g/mol. The molecule has 0 heterocycles. The lowest BCUT2D eigenvalue weighted by Gasteiger charge is -1.98. The summed E-state index contributed by atoms with van der Waals surface area (Å²) in [5.41, 5.74) is 0. The Bertz CT molecular complexity index is 174. The van der Waals surface area contributed by atoms with Gasteiger partial charge in [-0.1, -0.05) is 46.4 Å². The average molecular weight is 224 g/mol. The molecule has 0 atom stereocenters. The fourth-order valence-corrected chi connectivity index (χ4v) is 0.718. The molecule has 0 saturated carbocycles. The molecule has 0 aliphatic heterocycles. The standard InChI is InChI=1S/C4H2Cl4O2/c5-1(3(7)8)2(6)4(9)10/h3H,(H,9,10). The molecule has 0 aliphatic carbocycles. The topological polar surface area (TPSA) is 37.3 Å². The SMILES string of the molecule is O=C(O)C(Cl)=C(Cl)C(Cl)Cl. The lowest BCUT2D eigenvalue weighted by molar-refractivity contribution is -0.131. The number of carboxylic acids is 1. The summed E-state index contributed by atoms with van der Waals surface area (Å²) >= 11 is 20.8. The van der Waals surface area contributed by atoms with Gasteiger partial charge >= 0.3 is 5.97 Å². The third kappa shape index (κ3) is 2.97. The van der Waals surface area contributed by atoms with Gasteiger partial charge < -0.3 is 5.11 Å². The van der Waals surface area contributed by atoms with Crippen LogP contribution in [0.25, 0.3) is 0 Å². The van der Waals surface area contributed by atoms with Crippen LogP contribution < -0.4 is 0 Å². The predicted molar refractivity (Wildman–Crippen MR) is 41.9 cm³/mol. The van der Waals surface area contributed by atoms with E-state index in [-0.39, 0.29) is 5.03 Å². The molecule has 0 saturated heterocycles. The van der Waals surface area contributed by atoms with Crippen molar-refractivity contribution in [2.24, 2.45) is 0 Å². The highest BCUT2D eigenvalue weighted by Crippen LogP contribution is 2.24. The van der Waals surface area contributed by atoms with Crippen LogP contribution in [0.1, 0.15) is 0 Å². The van der Waals surface area contributed by atoms with Crippen LogP contribution in [0.15, 0.2) is 10.1 Å². The van der Waals surface area contributed by atoms with Gasteiger partial charge in [0.2, 0.25) is 0 Å². The fraction of sp³-hybridized carbons (Fsp3) is 0.250. The number of carbonyl (C=O) groups is 1. The molecular formula is C4H2Cl4O2. The van der Waals surface area contributed by atoms with Crippen LogP contribution in [-0.2, 0) is 4.79 Å². The van der Waals surface area contributed by atoms with E-state index in [0.717, 1.165) is 0 Å². The first kappa shape index (κ1) is 10.4. The molecule has 0 radical (unpaired) electrons. The second-order valence-electron chi connectivity index (χ2n) is 1.27. The molecule has 0 spiro atoms. The molecule has 1 N–H and O–H groups in total. The summed E-state index contributed by atoms with van der Waals surface area (Å²) in [7, 11) is 0. The third-order valence-electron chi connectivity index (χ3n) is 0.589. The lowest BCUT2D eigenvalue weighted by Crippen LogP contribution is -1.99. The monoisotopic (exact) mass is 222 g/mol. The normalized spacial score (nSPS) is 13.3. The Morgan fingerprint density at radius 1 is 1.30 bits per heavy atom. The number of halogens is 4. The van der Waals surface area contributed by atoms with Gasteiger partial charge in [-0.05, 0) is 0 Å². The highest BCUT2D eigenvalue weighted by atomic mass is 35.5. The summed E-state index contributed by atoms with van der Waals surface area (Å²) in [6.07, 6.45) is 0. The maximum Gasteiger partial charge on any atom is 0.348 e. The van der Waals surface area contributed by atoms with Gasteiger partial charge in [0, 0.05) is 0 Å². The van der Waals surface area contributed by atoms with Gasteiger partial charge in [0.05, 0.1) is 5.03 Å². The number of allylic oxidation sites excluding steroid dienone is 1. The molecule has 6 heteroatoms. The first-order chi connectivity index (χ1) is 4.46. The minimum absolute atomic E-state index is 0.280. The van der Waals surface area contributed by atoms with Gasteiger partial charge in [0.15, 0.2) is 0 Å². The minimum Gasteiger partial charge on any atom is -0.477 e. The smallest absolute Gasteiger partial charge is 0.348 e. The maximum absolute atomic E-state index is 10.1. The third-order valence-corrected chi connectivity index (χ3v) is 2.12. The Hall–Kier alpha value is 0.370. The van der Waals surface area contributed by atoms with E-state index in [1.54, 1.807) is 0 Å². The summed E-state index contributed by atoms with van der Waals surface area (Å²) in [6, 6.07) is 0. The summed E-state index contributed by atoms with van der Waals surface area (Å²) in [5.74, 6) is -1.35. The molecule has 0 aliphatic rings. The van der Waals surface area contributed by atoms with Crippen molar-refractivity contribution in [3.8, 4) is 0 Å². The first-order valence-corrected chi connectivity index (χ1v) is 3.66. The second kappa shape index (κ2) is 4.29. The summed E-state index contributed by atoms with van der Waals surface area (Å²) in [4.78, 5) is 8.96. The van der Waals surface area contributed by atoms with E-state index in [2.05, 4.69) is 0 Å². The van der Waals surface area contributed by atoms with Crippen molar-refractivity contribution in [1.82, 2.24) is 0 Å². The molecule has 0 amide bonds. The molecule has 0 aromatic carbocycles. The zero-order chi connectivity index (χ0) is 8.31. The molecule has 0 aromatic rings. The average Bonchev–Trinajstić information content (AvgIpc) is 1.84. The predicted octanol–water partition coefficient (Wildman–Crippen LogP) is 2.56. The number of alkyl halides is 2. The highest BCUT2D eigenvalue weighted by molar-refractivity contribution is 6.56. The van der Waals surface area contributed by atoms with Gasteiger partial charge in [-0.15, -0.1) is 0 Å². The Kier molecular flexibility index (Phi) is 4.45. The Labute approximate surface area is 77.3 Å². The Morgan fingerprint density at radius 2 is 1.70 bits per heavy atom. The first-order valence-electron chi connectivity index (χ1n) is 2.03. The van der Waals surface area contributed by atoms with Crippen LogP contribution in [0, 0.1) is 0 Å². The lowest BCUT2D eigenvalue weighted by atomic mass is 10.5. The Morgan fingerprint density at radius 3 is 1.80 bits per heavy atom. The van der Waals surface area contributed by atoms with Crippen molar-refractivity contribution in [1.29, 1.82) is 0 Å². The van der Waals surface area contributed by atoms with Crippen LogP contribution in [0.2, 0.25) is 0 Å². The van der Waals surface area contributed by atoms with Gasteiger partial charge in [0.25, 0.3) is 0 Å². The van der Waals surface area contributed by atoms with E-state index >= 15 is 0 Å². The number of hydrogen-bond donors (Lipinski definition) is 1. The molecule has 0 aromatic heterocycles. The van der Waals surface area contributed by atoms with Gasteiger partial charge in [-0.2, -0.15) is 0 Å². The quantitative estimate of drug-likeness (QED) is 0.577. The molecule has 0 fully saturated rings. The minimum atomic E-state index is -1.35. The summed E-state index contributed by atoms with van der Waals surface area (Å²) < 4.78 is 0. The van der Waals surface area contributed by atoms with E-state index < -0.39 is 15.8 Å². The molecule has 0 unspecified atom stereocenters. The molecule has 0 rings (SSSR count). The number of carboxylic acid groups (broad SMARTS) is 1. The van der Waals surface area contributed by atoms with Crippen LogP contribution >= 0.6 is 46.4 Å². The van der Waals surface area contributed by atoms with E-state index in [9.17, 15) is 4.79 Å². The van der Waals surface area contributed by atoms with Crippen LogP contribution in [-0.4, -0.2) is 15.9 Å². The fourth-order valence-electron chi connectivity index (χ4n) is 0.198. The zero-order valence-electron chi connectivity index (χ0n) is 4.44. The van der Waals surface area contributed by atoms with Crippen molar-refractivity contribution in [3.05, 3.63) is 10.1 Å². The molecule has 0 bridgehead atoms. The van der Waals surface area contributed by atoms with Crippen molar-refractivity contribution < 1.29 is 9.90 Å². The van der Waals surface area contributed by atoms with Crippen molar-refractivity contribution >= 4 is 52.4 Å². The van der Waals surface area contributed by atoms with E-state index in [1.807, 2.05) is 0 Å². The van der Waals surface area contributed by atoms with Gasteiger partial charge in [-0.25, -0.2) is 4.79 Å².